The summed E-state index contributed by atoms with van der Waals surface area (Å²) in [5.41, 5.74) is 0. The lowest BCUT2D eigenvalue weighted by Crippen LogP contribution is -2.42. The van der Waals surface area contributed by atoms with E-state index in [1.807, 2.05) is 0 Å². The quantitative estimate of drug-likeness (QED) is 0.457. The number of rotatable bonds is 3. The second kappa shape index (κ2) is 4.37. The maximum atomic E-state index is 3.46. The molecule has 4 N–H and O–H groups in total. The van der Waals surface area contributed by atoms with Crippen LogP contribution in [0.15, 0.2) is 0 Å². The summed E-state index contributed by atoms with van der Waals surface area (Å²) in [6, 6.07) is 0. The smallest absolute Gasteiger partial charge is 0.0600 e. The first-order valence-corrected chi connectivity index (χ1v) is 5.30. The molecule has 2 aliphatic rings. The van der Waals surface area contributed by atoms with E-state index >= 15 is 0 Å². The van der Waals surface area contributed by atoms with Gasteiger partial charge in [0.15, 0.2) is 0 Å². The Hall–Kier alpha value is -0.160. The van der Waals surface area contributed by atoms with E-state index in [0.717, 1.165) is 26.2 Å². The Kier molecular flexibility index (Phi) is 3.16. The summed E-state index contributed by atoms with van der Waals surface area (Å²) in [5, 5.41) is 13.8. The number of nitrogens with one attached hydrogen (secondary N) is 4. The largest absolute Gasteiger partial charge is 0.301 e. The van der Waals surface area contributed by atoms with E-state index in [-0.39, 0.29) is 0 Å². The zero-order valence-corrected chi connectivity index (χ0v) is 8.27. The molecule has 2 fully saturated rings. The zero-order valence-electron chi connectivity index (χ0n) is 8.27. The fraction of sp³-hybridized carbons (Fsp3) is 1.00. The summed E-state index contributed by atoms with van der Waals surface area (Å²) in [6.07, 6.45) is 2.24. The molecule has 0 aromatic rings. The van der Waals surface area contributed by atoms with Crippen LogP contribution in [0, 0.1) is 5.92 Å². The molecule has 0 aliphatic carbocycles. The van der Waals surface area contributed by atoms with Crippen LogP contribution >= 0.6 is 0 Å². The summed E-state index contributed by atoms with van der Waals surface area (Å²) in [4.78, 5) is 0. The average molecular weight is 184 g/mol. The van der Waals surface area contributed by atoms with Gasteiger partial charge >= 0.3 is 0 Å². The Balaban J connectivity index is 1.73. The second-order valence-electron chi connectivity index (χ2n) is 4.06. The summed E-state index contributed by atoms with van der Waals surface area (Å²) in [5.74, 6) is 0.686. The van der Waals surface area contributed by atoms with Gasteiger partial charge in [-0.3, -0.25) is 0 Å². The minimum Gasteiger partial charge on any atom is -0.301 e. The molecule has 76 valence electrons. The van der Waals surface area contributed by atoms with Gasteiger partial charge in [-0.15, -0.1) is 0 Å². The third-order valence-corrected chi connectivity index (χ3v) is 2.94. The molecule has 1 unspecified atom stereocenters. The Morgan fingerprint density at radius 2 is 1.54 bits per heavy atom. The van der Waals surface area contributed by atoms with Crippen molar-refractivity contribution in [1.82, 2.24) is 21.3 Å². The molecular weight excluding hydrogens is 164 g/mol. The fourth-order valence-electron chi connectivity index (χ4n) is 2.17. The van der Waals surface area contributed by atoms with E-state index in [9.17, 15) is 0 Å². The Morgan fingerprint density at radius 1 is 1.00 bits per heavy atom. The first-order chi connectivity index (χ1) is 6.36. The molecule has 0 bridgehead atoms. The van der Waals surface area contributed by atoms with Crippen molar-refractivity contribution in [3.05, 3.63) is 0 Å². The lowest BCUT2D eigenvalue weighted by molar-refractivity contribution is 0.321. The molecule has 0 amide bonds. The van der Waals surface area contributed by atoms with Crippen LogP contribution in [0.3, 0.4) is 0 Å². The molecule has 0 saturated carbocycles. The highest BCUT2D eigenvalue weighted by molar-refractivity contribution is 4.82. The monoisotopic (exact) mass is 184 g/mol. The van der Waals surface area contributed by atoms with E-state index in [0.29, 0.717) is 18.2 Å². The van der Waals surface area contributed by atoms with Gasteiger partial charge in [-0.05, 0) is 12.3 Å². The molecule has 4 nitrogen and oxygen atoms in total. The van der Waals surface area contributed by atoms with Gasteiger partial charge in [-0.25, -0.2) is 0 Å². The topological polar surface area (TPSA) is 48.1 Å². The first-order valence-electron chi connectivity index (χ1n) is 5.30. The Labute approximate surface area is 79.8 Å². The molecular formula is C9H20N4. The summed E-state index contributed by atoms with van der Waals surface area (Å²) in [7, 11) is 0. The van der Waals surface area contributed by atoms with Crippen molar-refractivity contribution < 1.29 is 0 Å². The van der Waals surface area contributed by atoms with Crippen LogP contribution < -0.4 is 21.3 Å². The molecule has 0 radical (unpaired) electrons. The average Bonchev–Trinajstić information content (AvgIpc) is 2.74. The highest BCUT2D eigenvalue weighted by atomic mass is 15.2. The summed E-state index contributed by atoms with van der Waals surface area (Å²) in [6.45, 7) is 6.75. The van der Waals surface area contributed by atoms with Crippen LogP contribution in [0.4, 0.5) is 0 Å². The van der Waals surface area contributed by atoms with Crippen molar-refractivity contribution in [2.24, 2.45) is 5.92 Å². The minimum atomic E-state index is 0.518. The Bertz CT molecular complexity index is 150. The fourth-order valence-corrected chi connectivity index (χ4v) is 2.17. The van der Waals surface area contributed by atoms with Gasteiger partial charge in [0.1, 0.15) is 0 Å². The summed E-state index contributed by atoms with van der Waals surface area (Å²) >= 11 is 0. The van der Waals surface area contributed by atoms with Crippen LogP contribution in [0.25, 0.3) is 0 Å². The molecule has 0 aromatic heterocycles. The molecule has 2 aliphatic heterocycles. The maximum absolute atomic E-state index is 3.46. The van der Waals surface area contributed by atoms with E-state index in [1.54, 1.807) is 0 Å². The molecule has 13 heavy (non-hydrogen) atoms. The first kappa shape index (κ1) is 9.40. The van der Waals surface area contributed by atoms with Crippen LogP contribution in [0.2, 0.25) is 0 Å². The van der Waals surface area contributed by atoms with Gasteiger partial charge in [0.05, 0.1) is 12.3 Å². The highest BCUT2D eigenvalue weighted by Crippen LogP contribution is 2.11. The van der Waals surface area contributed by atoms with Gasteiger partial charge in [0.2, 0.25) is 0 Å². The molecule has 2 heterocycles. The van der Waals surface area contributed by atoms with E-state index in [1.165, 1.54) is 6.42 Å². The lowest BCUT2D eigenvalue weighted by atomic mass is 10.0. The second-order valence-corrected chi connectivity index (χ2v) is 4.06. The van der Waals surface area contributed by atoms with Crippen molar-refractivity contribution >= 4 is 0 Å². The molecule has 2 rings (SSSR count). The van der Waals surface area contributed by atoms with Crippen molar-refractivity contribution in [2.75, 3.05) is 26.2 Å². The van der Waals surface area contributed by atoms with E-state index < -0.39 is 0 Å². The standard InChI is InChI=1S/C9H20N4/c1-7(9-12-4-5-13-9)6-8-10-2-3-11-8/h7-13H,2-6H2,1H3. The molecule has 2 saturated heterocycles. The molecule has 1 atom stereocenters. The van der Waals surface area contributed by atoms with Crippen LogP contribution in [-0.4, -0.2) is 38.5 Å². The third-order valence-electron chi connectivity index (χ3n) is 2.94. The lowest BCUT2D eigenvalue weighted by Gasteiger charge is -2.23. The van der Waals surface area contributed by atoms with Crippen molar-refractivity contribution in [3.8, 4) is 0 Å². The SMILES string of the molecule is CC(CC1NCCN1)C1NCCN1. The van der Waals surface area contributed by atoms with Gasteiger partial charge in [-0.1, -0.05) is 6.92 Å². The molecule has 0 spiro atoms. The maximum Gasteiger partial charge on any atom is 0.0600 e. The van der Waals surface area contributed by atoms with Crippen LogP contribution in [0.5, 0.6) is 0 Å². The van der Waals surface area contributed by atoms with E-state index in [2.05, 4.69) is 28.2 Å². The predicted molar refractivity (Wildman–Crippen MR) is 53.4 cm³/mol. The third kappa shape index (κ3) is 2.40. The van der Waals surface area contributed by atoms with Crippen LogP contribution in [0.1, 0.15) is 13.3 Å². The predicted octanol–water partition coefficient (Wildman–Crippen LogP) is -0.950. The van der Waals surface area contributed by atoms with E-state index in [4.69, 9.17) is 0 Å². The van der Waals surface area contributed by atoms with Gasteiger partial charge in [-0.2, -0.15) is 0 Å². The zero-order chi connectivity index (χ0) is 9.10. The van der Waals surface area contributed by atoms with Gasteiger partial charge < -0.3 is 21.3 Å². The summed E-state index contributed by atoms with van der Waals surface area (Å²) < 4.78 is 0. The van der Waals surface area contributed by atoms with Crippen molar-refractivity contribution in [1.29, 1.82) is 0 Å². The number of hydrogen-bond acceptors (Lipinski definition) is 4. The molecule has 0 aromatic carbocycles. The minimum absolute atomic E-state index is 0.518. The van der Waals surface area contributed by atoms with Gasteiger partial charge in [0, 0.05) is 26.2 Å². The highest BCUT2D eigenvalue weighted by Gasteiger charge is 2.24. The normalized spacial score (nSPS) is 28.4. The van der Waals surface area contributed by atoms with Crippen molar-refractivity contribution in [3.63, 3.8) is 0 Å². The van der Waals surface area contributed by atoms with Gasteiger partial charge in [0.25, 0.3) is 0 Å². The Morgan fingerprint density at radius 3 is 2.15 bits per heavy atom. The van der Waals surface area contributed by atoms with Crippen molar-refractivity contribution in [2.45, 2.75) is 25.7 Å². The number of hydrogen-bond donors (Lipinski definition) is 4. The van der Waals surface area contributed by atoms with Crippen LogP contribution in [-0.2, 0) is 0 Å². The molecule has 4 heteroatoms.